The fourth-order valence-electron chi connectivity index (χ4n) is 2.32. The minimum atomic E-state index is -0.474. The molecule has 1 fully saturated rings. The van der Waals surface area contributed by atoms with Gasteiger partial charge in [0.25, 0.3) is 0 Å². The molecule has 1 aliphatic carbocycles. The van der Waals surface area contributed by atoms with Gasteiger partial charge in [-0.05, 0) is 46.6 Å². The maximum Gasteiger partial charge on any atom is 0.0930 e. The van der Waals surface area contributed by atoms with Gasteiger partial charge in [0.2, 0.25) is 0 Å². The number of allylic oxidation sites excluding steroid dienone is 1. The van der Waals surface area contributed by atoms with Crippen LogP contribution in [0.15, 0.2) is 30.4 Å². The van der Waals surface area contributed by atoms with Crippen LogP contribution in [-0.2, 0) is 0 Å². The topological polar surface area (TPSA) is 64.0 Å². The summed E-state index contributed by atoms with van der Waals surface area (Å²) in [6, 6.07) is 2.31. The molecule has 0 spiro atoms. The number of hydrogen-bond acceptors (Lipinski definition) is 3. The van der Waals surface area contributed by atoms with Gasteiger partial charge in [-0.1, -0.05) is 13.2 Å². The average molecular weight is 310 g/mol. The Morgan fingerprint density at radius 3 is 2.74 bits per heavy atom. The zero-order valence-corrected chi connectivity index (χ0v) is 14.5. The minimum Gasteiger partial charge on any atom is -0.381 e. The lowest BCUT2D eigenvalue weighted by Gasteiger charge is -2.27. The van der Waals surface area contributed by atoms with E-state index in [2.05, 4.69) is 29.5 Å². The fourth-order valence-corrected chi connectivity index (χ4v) is 2.32. The summed E-state index contributed by atoms with van der Waals surface area (Å²) < 4.78 is 0. The Morgan fingerprint density at radius 1 is 1.57 bits per heavy atom. The molecule has 0 aromatic carbocycles. The summed E-state index contributed by atoms with van der Waals surface area (Å²) in [7, 11) is 0. The molecule has 0 amide bonds. The molecule has 1 aromatic heterocycles. The molecule has 0 saturated heterocycles. The van der Waals surface area contributed by atoms with Crippen LogP contribution < -0.4 is 5.32 Å². The normalized spacial score (nSPS) is 16.6. The van der Waals surface area contributed by atoms with Gasteiger partial charge in [-0.15, -0.1) is 0 Å². The van der Waals surface area contributed by atoms with Crippen molar-refractivity contribution < 1.29 is 0 Å². The van der Waals surface area contributed by atoms with Crippen molar-refractivity contribution in [3.8, 4) is 6.07 Å². The summed E-state index contributed by atoms with van der Waals surface area (Å²) in [5.74, 6) is 0.548. The number of aromatic amines is 1. The van der Waals surface area contributed by atoms with Crippen LogP contribution >= 0.6 is 0 Å². The predicted molar refractivity (Wildman–Crippen MR) is 96.6 cm³/mol. The Kier molecular flexibility index (Phi) is 4.79. The lowest BCUT2D eigenvalue weighted by molar-refractivity contribution is 0.374. The van der Waals surface area contributed by atoms with Crippen LogP contribution in [0.3, 0.4) is 0 Å². The largest absolute Gasteiger partial charge is 0.381 e. The Labute approximate surface area is 139 Å². The van der Waals surface area contributed by atoms with Gasteiger partial charge in [-0.25, -0.2) is 0 Å². The maximum absolute atomic E-state index is 9.27. The van der Waals surface area contributed by atoms with Gasteiger partial charge in [0, 0.05) is 40.8 Å². The molecule has 4 nitrogen and oxygen atoms in total. The molecule has 1 aliphatic rings. The van der Waals surface area contributed by atoms with Crippen molar-refractivity contribution in [1.29, 1.82) is 5.26 Å². The molecular formula is C19H26N4. The summed E-state index contributed by atoms with van der Waals surface area (Å²) in [5, 5.41) is 12.6. The van der Waals surface area contributed by atoms with Gasteiger partial charge in [0.05, 0.1) is 17.2 Å². The molecule has 0 aliphatic heterocycles. The Morgan fingerprint density at radius 2 is 2.22 bits per heavy atom. The predicted octanol–water partition coefficient (Wildman–Crippen LogP) is 4.49. The Bertz CT molecular complexity index is 681. The highest BCUT2D eigenvalue weighted by atomic mass is 15.0. The summed E-state index contributed by atoms with van der Waals surface area (Å²) in [6.07, 6.45) is 6.15. The first-order chi connectivity index (χ1) is 10.8. The quantitative estimate of drug-likeness (QED) is 0.729. The number of rotatable bonds is 7. The summed E-state index contributed by atoms with van der Waals surface area (Å²) in [5.41, 5.74) is 4.22. The number of aliphatic imine (C=N–C) groups is 1. The van der Waals surface area contributed by atoms with Crippen LogP contribution in [0.5, 0.6) is 0 Å². The summed E-state index contributed by atoms with van der Waals surface area (Å²) in [4.78, 5) is 8.04. The van der Waals surface area contributed by atoms with Crippen LogP contribution in [0.4, 0.5) is 5.69 Å². The lowest BCUT2D eigenvalue weighted by atomic mass is 9.87. The molecule has 2 N–H and O–H groups in total. The van der Waals surface area contributed by atoms with Gasteiger partial charge in [-0.2, -0.15) is 5.26 Å². The molecule has 1 aromatic rings. The van der Waals surface area contributed by atoms with E-state index in [1.807, 2.05) is 40.0 Å². The first-order valence-electron chi connectivity index (χ1n) is 8.06. The molecule has 1 atom stereocenters. The maximum atomic E-state index is 9.27. The van der Waals surface area contributed by atoms with Gasteiger partial charge < -0.3 is 10.3 Å². The van der Waals surface area contributed by atoms with Gasteiger partial charge in [0.15, 0.2) is 0 Å². The molecule has 2 rings (SSSR count). The molecule has 1 unspecified atom stereocenters. The number of H-pyrrole nitrogens is 1. The first kappa shape index (κ1) is 17.1. The van der Waals surface area contributed by atoms with Crippen molar-refractivity contribution >= 4 is 17.1 Å². The van der Waals surface area contributed by atoms with Crippen LogP contribution in [0.1, 0.15) is 44.9 Å². The standard InChI is InChI=1S/C19H26N4/c1-7-17(15-8-9-15)23-18-13(3)21-10-16(18)12(2)22-14(4)19(5,6)11-20/h7,10,14-15,21-22H,1-2,8-9H2,3-6H3. The third-order valence-electron chi connectivity index (χ3n) is 4.58. The van der Waals surface area contributed by atoms with Crippen LogP contribution in [0.2, 0.25) is 0 Å². The SMILES string of the molecule is C=CC(=Nc1c(C(=C)NC(C)C(C)(C)C#N)c[nH]c1C)C1CC1. The monoisotopic (exact) mass is 310 g/mol. The van der Waals surface area contributed by atoms with Crippen molar-refractivity contribution in [3.63, 3.8) is 0 Å². The number of aryl methyl sites for hydroxylation is 1. The molecule has 23 heavy (non-hydrogen) atoms. The second-order valence-electron chi connectivity index (χ2n) is 6.87. The number of hydrogen-bond donors (Lipinski definition) is 2. The third-order valence-corrected chi connectivity index (χ3v) is 4.58. The van der Waals surface area contributed by atoms with Gasteiger partial charge in [-0.3, -0.25) is 4.99 Å². The van der Waals surface area contributed by atoms with E-state index in [0.29, 0.717) is 5.92 Å². The number of aromatic nitrogens is 1. The minimum absolute atomic E-state index is 0.0191. The molecule has 122 valence electrons. The van der Waals surface area contributed by atoms with Crippen molar-refractivity contribution in [1.82, 2.24) is 10.3 Å². The summed E-state index contributed by atoms with van der Waals surface area (Å²) in [6.45, 7) is 15.9. The second-order valence-corrected chi connectivity index (χ2v) is 6.87. The second kappa shape index (κ2) is 6.45. The van der Waals surface area contributed by atoms with Crippen LogP contribution in [0.25, 0.3) is 5.70 Å². The molecule has 1 saturated carbocycles. The molecular weight excluding hydrogens is 284 g/mol. The van der Waals surface area contributed by atoms with E-state index in [4.69, 9.17) is 4.99 Å². The highest BCUT2D eigenvalue weighted by Crippen LogP contribution is 2.35. The average Bonchev–Trinajstić information content (AvgIpc) is 3.29. The molecule has 1 heterocycles. The third kappa shape index (κ3) is 3.73. The van der Waals surface area contributed by atoms with E-state index in [1.165, 1.54) is 12.8 Å². The number of nitrogens with zero attached hydrogens (tertiary/aromatic N) is 2. The number of nitriles is 1. The fraction of sp³-hybridized carbons (Fsp3) is 0.474. The lowest BCUT2D eigenvalue weighted by Crippen LogP contribution is -2.37. The first-order valence-corrected chi connectivity index (χ1v) is 8.06. The van der Waals surface area contributed by atoms with Crippen LogP contribution in [0, 0.1) is 29.6 Å². The van der Waals surface area contributed by atoms with E-state index in [9.17, 15) is 5.26 Å². The highest BCUT2D eigenvalue weighted by Gasteiger charge is 2.28. The van der Waals surface area contributed by atoms with E-state index in [0.717, 1.165) is 28.4 Å². The molecule has 0 bridgehead atoms. The van der Waals surface area contributed by atoms with Crippen molar-refractivity contribution in [2.24, 2.45) is 16.3 Å². The van der Waals surface area contributed by atoms with E-state index >= 15 is 0 Å². The molecule has 0 radical (unpaired) electrons. The van der Waals surface area contributed by atoms with Gasteiger partial charge in [0.1, 0.15) is 0 Å². The van der Waals surface area contributed by atoms with E-state index in [1.54, 1.807) is 0 Å². The Hall–Kier alpha value is -2.28. The van der Waals surface area contributed by atoms with Gasteiger partial charge >= 0.3 is 0 Å². The van der Waals surface area contributed by atoms with Crippen molar-refractivity contribution in [2.45, 2.75) is 46.6 Å². The van der Waals surface area contributed by atoms with E-state index in [-0.39, 0.29) is 6.04 Å². The Balaban J connectivity index is 2.26. The zero-order valence-electron chi connectivity index (χ0n) is 14.5. The zero-order chi connectivity index (χ0) is 17.2. The van der Waals surface area contributed by atoms with Crippen molar-refractivity contribution in [3.05, 3.63) is 36.7 Å². The summed E-state index contributed by atoms with van der Waals surface area (Å²) >= 11 is 0. The van der Waals surface area contributed by atoms with Crippen molar-refractivity contribution in [2.75, 3.05) is 0 Å². The number of nitrogens with one attached hydrogen (secondary N) is 2. The van der Waals surface area contributed by atoms with E-state index < -0.39 is 5.41 Å². The highest BCUT2D eigenvalue weighted by molar-refractivity contribution is 6.00. The smallest absolute Gasteiger partial charge is 0.0930 e. The van der Waals surface area contributed by atoms with Crippen LogP contribution in [-0.4, -0.2) is 16.7 Å². The molecule has 4 heteroatoms.